The minimum absolute atomic E-state index is 0.256. The summed E-state index contributed by atoms with van der Waals surface area (Å²) < 4.78 is 12.6. The highest BCUT2D eigenvalue weighted by Gasteiger charge is 2.15. The molecular formula is C21H20BrN3O4. The molecule has 0 aliphatic rings. The highest BCUT2D eigenvalue weighted by molar-refractivity contribution is 9.10. The summed E-state index contributed by atoms with van der Waals surface area (Å²) in [5.41, 5.74) is 1.07. The second-order valence-electron chi connectivity index (χ2n) is 6.27. The van der Waals surface area contributed by atoms with Crippen LogP contribution in [-0.4, -0.2) is 34.6 Å². The molecule has 150 valence electrons. The maximum absolute atomic E-state index is 12.8. The van der Waals surface area contributed by atoms with Crippen molar-refractivity contribution in [3.63, 3.8) is 0 Å². The molecule has 2 aromatic carbocycles. The Morgan fingerprint density at radius 2 is 2.10 bits per heavy atom. The average molecular weight is 458 g/mol. The molecule has 0 aliphatic carbocycles. The summed E-state index contributed by atoms with van der Waals surface area (Å²) in [7, 11) is 0. The number of nitrogens with zero attached hydrogens (tertiary/aromatic N) is 3. The molecule has 0 spiro atoms. The average Bonchev–Trinajstić information content (AvgIpc) is 2.69. The van der Waals surface area contributed by atoms with Gasteiger partial charge in [0.25, 0.3) is 5.56 Å². The molecule has 0 saturated heterocycles. The van der Waals surface area contributed by atoms with Crippen molar-refractivity contribution in [3.8, 4) is 5.75 Å². The molecule has 0 bridgehead atoms. The summed E-state index contributed by atoms with van der Waals surface area (Å²) >= 11 is 3.37. The van der Waals surface area contributed by atoms with Crippen molar-refractivity contribution < 1.29 is 14.3 Å². The van der Waals surface area contributed by atoms with Crippen molar-refractivity contribution in [1.29, 1.82) is 0 Å². The molecule has 1 aromatic heterocycles. The van der Waals surface area contributed by atoms with Crippen molar-refractivity contribution >= 4 is 39.0 Å². The minimum atomic E-state index is -0.727. The van der Waals surface area contributed by atoms with Crippen LogP contribution in [0, 0.1) is 6.92 Å². The van der Waals surface area contributed by atoms with Gasteiger partial charge in [-0.1, -0.05) is 28.1 Å². The molecule has 3 aromatic rings. The minimum Gasteiger partial charge on any atom is -0.479 e. The van der Waals surface area contributed by atoms with Gasteiger partial charge in [-0.2, -0.15) is 9.78 Å². The third kappa shape index (κ3) is 4.89. The number of aryl methyl sites for hydroxylation is 1. The quantitative estimate of drug-likeness (QED) is 0.416. The molecule has 1 atom stereocenters. The maximum atomic E-state index is 12.8. The van der Waals surface area contributed by atoms with Crippen LogP contribution in [0.3, 0.4) is 0 Å². The van der Waals surface area contributed by atoms with Crippen LogP contribution in [0.25, 0.3) is 10.9 Å². The lowest BCUT2D eigenvalue weighted by molar-refractivity contribution is -0.150. The smallest absolute Gasteiger partial charge is 0.347 e. The Morgan fingerprint density at radius 1 is 1.31 bits per heavy atom. The fourth-order valence-electron chi connectivity index (χ4n) is 2.70. The van der Waals surface area contributed by atoms with Crippen LogP contribution >= 0.6 is 15.9 Å². The van der Waals surface area contributed by atoms with Gasteiger partial charge >= 0.3 is 5.97 Å². The summed E-state index contributed by atoms with van der Waals surface area (Å²) in [5, 5.41) is 4.77. The van der Waals surface area contributed by atoms with Crippen LogP contribution in [0.4, 0.5) is 0 Å². The van der Waals surface area contributed by atoms with Crippen molar-refractivity contribution in [2.24, 2.45) is 5.10 Å². The molecule has 0 N–H and O–H groups in total. The largest absolute Gasteiger partial charge is 0.479 e. The Kier molecular flexibility index (Phi) is 6.43. The summed E-state index contributed by atoms with van der Waals surface area (Å²) in [6, 6.07) is 12.4. The molecule has 0 aliphatic heterocycles. The van der Waals surface area contributed by atoms with E-state index in [1.165, 1.54) is 4.68 Å². The lowest BCUT2D eigenvalue weighted by Crippen LogP contribution is -2.26. The van der Waals surface area contributed by atoms with Gasteiger partial charge in [0.2, 0.25) is 0 Å². The molecule has 0 amide bonds. The maximum Gasteiger partial charge on any atom is 0.347 e. The van der Waals surface area contributed by atoms with E-state index in [1.54, 1.807) is 57.3 Å². The zero-order valence-electron chi connectivity index (χ0n) is 16.3. The predicted molar refractivity (Wildman–Crippen MR) is 115 cm³/mol. The molecule has 3 rings (SSSR count). The Bertz CT molecular complexity index is 1140. The summed E-state index contributed by atoms with van der Waals surface area (Å²) in [6.45, 7) is 5.39. The number of benzene rings is 2. The molecule has 7 nitrogen and oxygen atoms in total. The predicted octanol–water partition coefficient (Wildman–Crippen LogP) is 3.68. The fraction of sp³-hybridized carbons (Fsp3) is 0.238. The number of carbonyl (C=O) groups excluding carboxylic acids is 1. The van der Waals surface area contributed by atoms with Crippen LogP contribution in [-0.2, 0) is 9.53 Å². The van der Waals surface area contributed by atoms with E-state index >= 15 is 0 Å². The number of fused-ring (bicyclic) bond motifs is 1. The first-order valence-electron chi connectivity index (χ1n) is 9.05. The van der Waals surface area contributed by atoms with Crippen molar-refractivity contribution in [2.75, 3.05) is 6.61 Å². The Balaban J connectivity index is 1.87. The van der Waals surface area contributed by atoms with Crippen LogP contribution in [0.15, 0.2) is 56.8 Å². The normalized spacial score (nSPS) is 12.3. The number of rotatable bonds is 6. The van der Waals surface area contributed by atoms with Crippen molar-refractivity contribution in [3.05, 3.63) is 68.7 Å². The monoisotopic (exact) mass is 457 g/mol. The van der Waals surface area contributed by atoms with E-state index < -0.39 is 12.1 Å². The standard InChI is InChI=1S/C21H20BrN3O4/c1-4-28-21(27)13(2)29-17-7-5-6-15(10-17)12-23-25-14(3)24-19-9-8-16(22)11-18(19)20(25)26/h5-13H,4H2,1-3H3/t13-/m0/s1. The first-order valence-corrected chi connectivity index (χ1v) is 9.85. The van der Waals surface area contributed by atoms with Gasteiger partial charge in [0.1, 0.15) is 11.6 Å². The zero-order chi connectivity index (χ0) is 21.0. The number of ether oxygens (including phenoxy) is 2. The van der Waals surface area contributed by atoms with E-state index in [0.717, 1.165) is 4.47 Å². The summed E-state index contributed by atoms with van der Waals surface area (Å²) in [5.74, 6) is 0.547. The highest BCUT2D eigenvalue weighted by atomic mass is 79.9. The number of hydrogen-bond donors (Lipinski definition) is 0. The van der Waals surface area contributed by atoms with E-state index in [9.17, 15) is 9.59 Å². The molecule has 0 saturated carbocycles. The molecule has 0 radical (unpaired) electrons. The molecule has 8 heteroatoms. The SMILES string of the molecule is CCOC(=O)[C@H](C)Oc1cccc(C=Nn2c(C)nc3ccc(Br)cc3c2=O)c1. The molecule has 29 heavy (non-hydrogen) atoms. The fourth-order valence-corrected chi connectivity index (χ4v) is 3.06. The zero-order valence-corrected chi connectivity index (χ0v) is 17.8. The first-order chi connectivity index (χ1) is 13.9. The Morgan fingerprint density at radius 3 is 2.86 bits per heavy atom. The van der Waals surface area contributed by atoms with Crippen molar-refractivity contribution in [2.45, 2.75) is 26.9 Å². The summed E-state index contributed by atoms with van der Waals surface area (Å²) in [6.07, 6.45) is 0.817. The third-order valence-corrected chi connectivity index (χ3v) is 4.58. The summed E-state index contributed by atoms with van der Waals surface area (Å²) in [4.78, 5) is 28.9. The van der Waals surface area contributed by atoms with Crippen LogP contribution in [0.5, 0.6) is 5.75 Å². The molecule has 0 unspecified atom stereocenters. The van der Waals surface area contributed by atoms with Gasteiger partial charge in [-0.25, -0.2) is 9.78 Å². The second kappa shape index (κ2) is 9.00. The van der Waals surface area contributed by atoms with Gasteiger partial charge in [0.15, 0.2) is 6.10 Å². The van der Waals surface area contributed by atoms with E-state index in [2.05, 4.69) is 26.0 Å². The number of carbonyl (C=O) groups is 1. The molecule has 1 heterocycles. The van der Waals surface area contributed by atoms with Gasteiger partial charge in [-0.05, 0) is 56.7 Å². The van der Waals surface area contributed by atoms with Gasteiger partial charge in [0, 0.05) is 4.47 Å². The Labute approximate surface area is 176 Å². The second-order valence-corrected chi connectivity index (χ2v) is 7.18. The molecular weight excluding hydrogens is 438 g/mol. The van der Waals surface area contributed by atoms with Gasteiger partial charge in [0.05, 0.1) is 23.7 Å². The van der Waals surface area contributed by atoms with Gasteiger partial charge in [-0.3, -0.25) is 4.79 Å². The van der Waals surface area contributed by atoms with Crippen LogP contribution in [0.1, 0.15) is 25.2 Å². The topological polar surface area (TPSA) is 82.8 Å². The van der Waals surface area contributed by atoms with E-state index in [1.807, 2.05) is 12.1 Å². The van der Waals surface area contributed by atoms with E-state index in [0.29, 0.717) is 34.6 Å². The van der Waals surface area contributed by atoms with E-state index in [-0.39, 0.29) is 5.56 Å². The van der Waals surface area contributed by atoms with Crippen molar-refractivity contribution in [1.82, 2.24) is 9.66 Å². The lowest BCUT2D eigenvalue weighted by atomic mass is 10.2. The van der Waals surface area contributed by atoms with E-state index in [4.69, 9.17) is 9.47 Å². The number of halogens is 1. The lowest BCUT2D eigenvalue weighted by Gasteiger charge is -2.13. The van der Waals surface area contributed by atoms with Crippen LogP contribution in [0.2, 0.25) is 0 Å². The first kappa shape index (κ1) is 20.7. The number of esters is 1. The van der Waals surface area contributed by atoms with Crippen LogP contribution < -0.4 is 10.3 Å². The Hall–Kier alpha value is -3.00. The third-order valence-electron chi connectivity index (χ3n) is 4.08. The molecule has 0 fully saturated rings. The van der Waals surface area contributed by atoms with Gasteiger partial charge < -0.3 is 9.47 Å². The number of hydrogen-bond acceptors (Lipinski definition) is 6. The van der Waals surface area contributed by atoms with Gasteiger partial charge in [-0.15, -0.1) is 0 Å². The highest BCUT2D eigenvalue weighted by Crippen LogP contribution is 2.17. The number of aromatic nitrogens is 2.